The Kier molecular flexibility index (Phi) is 5.13. The summed E-state index contributed by atoms with van der Waals surface area (Å²) >= 11 is 10.3. The number of carbonyl (C=O) groups excluding carboxylic acids is 1. The summed E-state index contributed by atoms with van der Waals surface area (Å²) in [6.45, 7) is 0. The predicted molar refractivity (Wildman–Crippen MR) is 35.3 cm³/mol. The Morgan fingerprint density at radius 2 is 2.25 bits per heavy atom. The number of carbonyl (C=O) groups is 1. The van der Waals surface area contributed by atoms with Crippen LogP contribution in [0.15, 0.2) is 11.6 Å². The maximum absolute atomic E-state index is 10.4. The van der Waals surface area contributed by atoms with Crippen molar-refractivity contribution in [2.75, 3.05) is 5.88 Å². The van der Waals surface area contributed by atoms with Crippen LogP contribution in [0.4, 0.5) is 0 Å². The van der Waals surface area contributed by atoms with Gasteiger partial charge in [0.15, 0.2) is 5.78 Å². The zero-order valence-electron chi connectivity index (χ0n) is 4.23. The molecule has 0 spiro atoms. The largest absolute Gasteiger partial charge is 0.295 e. The van der Waals surface area contributed by atoms with Crippen molar-refractivity contribution in [3.8, 4) is 0 Å². The average molecular weight is 153 g/mol. The summed E-state index contributed by atoms with van der Waals surface area (Å²) in [5, 5.41) is 0. The first-order valence-corrected chi connectivity index (χ1v) is 3.14. The van der Waals surface area contributed by atoms with Gasteiger partial charge in [0, 0.05) is 17.8 Å². The molecule has 46 valence electrons. The Morgan fingerprint density at radius 3 is 2.62 bits per heavy atom. The van der Waals surface area contributed by atoms with Gasteiger partial charge in [-0.05, 0) is 6.08 Å². The Hall–Kier alpha value is -0.0100. The van der Waals surface area contributed by atoms with Crippen LogP contribution < -0.4 is 0 Å². The fraction of sp³-hybridized carbons (Fsp3) is 0.400. The molecule has 0 saturated carbocycles. The lowest BCUT2D eigenvalue weighted by Gasteiger charge is -1.82. The average Bonchev–Trinajstić information content (AvgIpc) is 1.68. The minimum atomic E-state index is -0.0324. The minimum absolute atomic E-state index is 0.0324. The normalized spacial score (nSPS) is 10.2. The van der Waals surface area contributed by atoms with Gasteiger partial charge >= 0.3 is 0 Å². The third kappa shape index (κ3) is 4.16. The monoisotopic (exact) mass is 152 g/mol. The Labute approximate surface area is 58.3 Å². The molecular weight excluding hydrogens is 147 g/mol. The van der Waals surface area contributed by atoms with Crippen molar-refractivity contribution in [1.29, 1.82) is 0 Å². The van der Waals surface area contributed by atoms with E-state index in [-0.39, 0.29) is 5.78 Å². The first kappa shape index (κ1) is 7.99. The third-order valence-electron chi connectivity index (χ3n) is 0.590. The second-order valence-electron chi connectivity index (χ2n) is 1.20. The molecular formula is C5H6Cl2O. The smallest absolute Gasteiger partial charge is 0.157 e. The van der Waals surface area contributed by atoms with E-state index in [2.05, 4.69) is 0 Å². The maximum atomic E-state index is 10.4. The molecule has 0 bridgehead atoms. The van der Waals surface area contributed by atoms with Gasteiger partial charge in [-0.25, -0.2) is 0 Å². The molecule has 0 aliphatic rings. The molecule has 0 aromatic rings. The molecule has 3 heteroatoms. The molecule has 0 heterocycles. The van der Waals surface area contributed by atoms with Gasteiger partial charge < -0.3 is 0 Å². The molecule has 0 unspecified atom stereocenters. The van der Waals surface area contributed by atoms with Crippen LogP contribution in [-0.4, -0.2) is 11.7 Å². The molecule has 0 aliphatic carbocycles. The fourth-order valence-corrected chi connectivity index (χ4v) is 0.574. The summed E-state index contributed by atoms with van der Waals surface area (Å²) in [6.07, 6.45) is 1.66. The van der Waals surface area contributed by atoms with E-state index in [4.69, 9.17) is 23.2 Å². The summed E-state index contributed by atoms with van der Waals surface area (Å²) in [4.78, 5) is 10.4. The van der Waals surface area contributed by atoms with Crippen molar-refractivity contribution >= 4 is 29.0 Å². The number of hydrogen-bond acceptors (Lipinski definition) is 1. The number of allylic oxidation sites excluding steroid dienone is 1. The van der Waals surface area contributed by atoms with Gasteiger partial charge in [0.2, 0.25) is 0 Å². The van der Waals surface area contributed by atoms with E-state index in [1.54, 1.807) is 0 Å². The van der Waals surface area contributed by atoms with E-state index in [0.717, 1.165) is 0 Å². The lowest BCUT2D eigenvalue weighted by atomic mass is 10.3. The highest BCUT2D eigenvalue weighted by Crippen LogP contribution is 1.89. The number of hydrogen-bond donors (Lipinski definition) is 0. The second-order valence-corrected chi connectivity index (χ2v) is 1.83. The fourth-order valence-electron chi connectivity index (χ4n) is 0.247. The lowest BCUT2D eigenvalue weighted by Crippen LogP contribution is -1.90. The molecule has 0 radical (unpaired) electrons. The quantitative estimate of drug-likeness (QED) is 0.447. The van der Waals surface area contributed by atoms with E-state index < -0.39 is 0 Å². The van der Waals surface area contributed by atoms with E-state index in [1.165, 1.54) is 11.6 Å². The number of alkyl halides is 1. The highest BCUT2D eigenvalue weighted by atomic mass is 35.5. The van der Waals surface area contributed by atoms with E-state index in [1.807, 2.05) is 0 Å². The van der Waals surface area contributed by atoms with Crippen LogP contribution in [0.1, 0.15) is 6.42 Å². The van der Waals surface area contributed by atoms with E-state index in [0.29, 0.717) is 12.3 Å². The zero-order chi connectivity index (χ0) is 6.41. The molecule has 0 fully saturated rings. The Bertz CT molecular complexity index is 98.6. The number of rotatable bonds is 3. The van der Waals surface area contributed by atoms with Gasteiger partial charge in [-0.2, -0.15) is 0 Å². The summed E-state index contributed by atoms with van der Waals surface area (Å²) < 4.78 is 0. The summed E-state index contributed by atoms with van der Waals surface area (Å²) in [6, 6.07) is 0. The van der Waals surface area contributed by atoms with Crippen LogP contribution in [0.5, 0.6) is 0 Å². The minimum Gasteiger partial charge on any atom is -0.295 e. The van der Waals surface area contributed by atoms with E-state index >= 15 is 0 Å². The Balaban J connectivity index is 3.33. The lowest BCUT2D eigenvalue weighted by molar-refractivity contribution is -0.114. The van der Waals surface area contributed by atoms with Gasteiger partial charge in [0.1, 0.15) is 0 Å². The van der Waals surface area contributed by atoms with Crippen molar-refractivity contribution in [1.82, 2.24) is 0 Å². The first-order chi connectivity index (χ1) is 3.81. The highest BCUT2D eigenvalue weighted by molar-refractivity contribution is 6.27. The number of ketones is 1. The van der Waals surface area contributed by atoms with Gasteiger partial charge in [0.25, 0.3) is 0 Å². The maximum Gasteiger partial charge on any atom is 0.157 e. The van der Waals surface area contributed by atoms with Gasteiger partial charge in [0.05, 0.1) is 0 Å². The van der Waals surface area contributed by atoms with Crippen molar-refractivity contribution < 1.29 is 4.79 Å². The topological polar surface area (TPSA) is 17.1 Å². The van der Waals surface area contributed by atoms with Crippen LogP contribution in [0.2, 0.25) is 0 Å². The predicted octanol–water partition coefficient (Wildman–Crippen LogP) is 1.94. The second kappa shape index (κ2) is 5.13. The van der Waals surface area contributed by atoms with Gasteiger partial charge in [-0.15, -0.1) is 11.6 Å². The number of halogens is 2. The molecule has 0 aliphatic heterocycles. The van der Waals surface area contributed by atoms with Crippen LogP contribution >= 0.6 is 23.2 Å². The van der Waals surface area contributed by atoms with Crippen LogP contribution in [0.25, 0.3) is 0 Å². The standard InChI is InChI=1S/C5H6Cl2O/c6-3-1-5(8)2-4-7/h1,3H,2,4H2. The van der Waals surface area contributed by atoms with Crippen molar-refractivity contribution in [3.63, 3.8) is 0 Å². The summed E-state index contributed by atoms with van der Waals surface area (Å²) in [7, 11) is 0. The van der Waals surface area contributed by atoms with Crippen molar-refractivity contribution in [3.05, 3.63) is 11.6 Å². The SMILES string of the molecule is O=C(C=CCl)CCCl. The van der Waals surface area contributed by atoms with E-state index in [9.17, 15) is 4.79 Å². The molecule has 0 amide bonds. The molecule has 0 N–H and O–H groups in total. The molecule has 0 rings (SSSR count). The van der Waals surface area contributed by atoms with Crippen molar-refractivity contribution in [2.24, 2.45) is 0 Å². The Morgan fingerprint density at radius 1 is 1.62 bits per heavy atom. The zero-order valence-corrected chi connectivity index (χ0v) is 5.74. The third-order valence-corrected chi connectivity index (χ3v) is 0.905. The van der Waals surface area contributed by atoms with Crippen molar-refractivity contribution in [2.45, 2.75) is 6.42 Å². The molecule has 8 heavy (non-hydrogen) atoms. The molecule has 0 atom stereocenters. The van der Waals surface area contributed by atoms with Crippen LogP contribution in [0.3, 0.4) is 0 Å². The van der Waals surface area contributed by atoms with Gasteiger partial charge in [-0.3, -0.25) is 4.79 Å². The van der Waals surface area contributed by atoms with Crippen LogP contribution in [-0.2, 0) is 4.79 Å². The molecule has 1 nitrogen and oxygen atoms in total. The molecule has 0 aromatic carbocycles. The summed E-state index contributed by atoms with van der Waals surface area (Å²) in [5.41, 5.74) is 1.19. The van der Waals surface area contributed by atoms with Crippen LogP contribution in [0, 0.1) is 0 Å². The van der Waals surface area contributed by atoms with Gasteiger partial charge in [-0.1, -0.05) is 11.6 Å². The highest BCUT2D eigenvalue weighted by Gasteiger charge is 1.90. The molecule has 0 saturated heterocycles. The first-order valence-electron chi connectivity index (χ1n) is 2.17. The summed E-state index contributed by atoms with van der Waals surface area (Å²) in [5.74, 6) is 0.329. The molecule has 0 aromatic heterocycles.